The van der Waals surface area contributed by atoms with Crippen LogP contribution in [0, 0.1) is 0 Å². The van der Waals surface area contributed by atoms with Gasteiger partial charge in [-0.2, -0.15) is 0 Å². The number of aliphatic hydroxyl groups excluding tert-OH is 1. The maximum absolute atomic E-state index is 10.1. The fourth-order valence-electron chi connectivity index (χ4n) is 2.88. The Morgan fingerprint density at radius 1 is 1.15 bits per heavy atom. The predicted octanol–water partition coefficient (Wildman–Crippen LogP) is 1.45. The molecular formula is C17H28NO2+. The number of hydrogen-bond donors (Lipinski definition) is 2. The monoisotopic (exact) mass is 278 g/mol. The molecule has 1 heterocycles. The van der Waals surface area contributed by atoms with Crippen molar-refractivity contribution in [2.75, 3.05) is 26.2 Å². The van der Waals surface area contributed by atoms with Crippen LogP contribution in [0.3, 0.4) is 0 Å². The zero-order valence-corrected chi connectivity index (χ0v) is 12.6. The SMILES string of the molecule is CCCc1ccc(OC[C@@H](O)C[NH+]2CCCCC2)cc1. The van der Waals surface area contributed by atoms with Gasteiger partial charge in [0.1, 0.15) is 25.0 Å². The van der Waals surface area contributed by atoms with Crippen molar-refractivity contribution >= 4 is 0 Å². The van der Waals surface area contributed by atoms with E-state index < -0.39 is 0 Å². The quantitative estimate of drug-likeness (QED) is 0.791. The summed E-state index contributed by atoms with van der Waals surface area (Å²) in [4.78, 5) is 1.52. The number of rotatable bonds is 7. The van der Waals surface area contributed by atoms with E-state index in [2.05, 4.69) is 19.1 Å². The van der Waals surface area contributed by atoms with Crippen LogP contribution in [0.2, 0.25) is 0 Å². The molecule has 0 amide bonds. The fraction of sp³-hybridized carbons (Fsp3) is 0.647. The Hall–Kier alpha value is -1.06. The van der Waals surface area contributed by atoms with Crippen molar-refractivity contribution in [2.45, 2.75) is 45.1 Å². The van der Waals surface area contributed by atoms with Crippen molar-refractivity contribution in [3.05, 3.63) is 29.8 Å². The lowest BCUT2D eigenvalue weighted by Gasteiger charge is -2.25. The minimum Gasteiger partial charge on any atom is -0.491 e. The molecule has 0 aliphatic carbocycles. The summed E-state index contributed by atoms with van der Waals surface area (Å²) in [6.07, 6.45) is 5.85. The molecule has 1 aliphatic rings. The van der Waals surface area contributed by atoms with Crippen molar-refractivity contribution in [1.82, 2.24) is 0 Å². The van der Waals surface area contributed by atoms with Gasteiger partial charge in [0.2, 0.25) is 0 Å². The molecule has 1 aromatic rings. The predicted molar refractivity (Wildman–Crippen MR) is 81.4 cm³/mol. The number of hydrogen-bond acceptors (Lipinski definition) is 2. The van der Waals surface area contributed by atoms with Gasteiger partial charge in [-0.1, -0.05) is 25.5 Å². The Bertz CT molecular complexity index is 371. The van der Waals surface area contributed by atoms with E-state index in [1.54, 1.807) is 0 Å². The summed E-state index contributed by atoms with van der Waals surface area (Å²) in [5.74, 6) is 0.859. The molecule has 0 unspecified atom stereocenters. The second-order valence-corrected chi connectivity index (χ2v) is 5.87. The summed E-state index contributed by atoms with van der Waals surface area (Å²) in [5, 5.41) is 10.1. The summed E-state index contributed by atoms with van der Waals surface area (Å²) in [6.45, 7) is 5.79. The standard InChI is InChI=1S/C17H27NO2/c1-2-6-15-7-9-17(10-8-15)20-14-16(19)13-18-11-4-3-5-12-18/h7-10,16,19H,2-6,11-14H2,1H3/p+1/t16-/m0/s1. The molecule has 0 radical (unpaired) electrons. The first-order valence-electron chi connectivity index (χ1n) is 8.01. The van der Waals surface area contributed by atoms with Gasteiger partial charge in [0.15, 0.2) is 0 Å². The van der Waals surface area contributed by atoms with Crippen molar-refractivity contribution in [3.8, 4) is 5.75 Å². The van der Waals surface area contributed by atoms with Crippen LogP contribution in [0.15, 0.2) is 24.3 Å². The molecule has 0 aromatic heterocycles. The summed E-state index contributed by atoms with van der Waals surface area (Å²) in [7, 11) is 0. The van der Waals surface area contributed by atoms with E-state index in [1.807, 2.05) is 12.1 Å². The maximum Gasteiger partial charge on any atom is 0.137 e. The first-order valence-corrected chi connectivity index (χ1v) is 8.01. The molecule has 20 heavy (non-hydrogen) atoms. The van der Waals surface area contributed by atoms with Gasteiger partial charge in [-0.15, -0.1) is 0 Å². The van der Waals surface area contributed by atoms with Crippen LogP contribution in [-0.2, 0) is 6.42 Å². The van der Waals surface area contributed by atoms with E-state index in [4.69, 9.17) is 4.74 Å². The van der Waals surface area contributed by atoms with Crippen LogP contribution in [0.1, 0.15) is 38.2 Å². The van der Waals surface area contributed by atoms with Crippen molar-refractivity contribution in [1.29, 1.82) is 0 Å². The van der Waals surface area contributed by atoms with Crippen LogP contribution >= 0.6 is 0 Å². The van der Waals surface area contributed by atoms with Crippen molar-refractivity contribution < 1.29 is 14.7 Å². The highest BCUT2D eigenvalue weighted by molar-refractivity contribution is 5.27. The fourth-order valence-corrected chi connectivity index (χ4v) is 2.88. The molecule has 1 aliphatic heterocycles. The normalized spacial score (nSPS) is 17.9. The van der Waals surface area contributed by atoms with Crippen LogP contribution in [0.25, 0.3) is 0 Å². The van der Waals surface area contributed by atoms with Crippen LogP contribution in [-0.4, -0.2) is 37.5 Å². The number of likely N-dealkylation sites (tertiary alicyclic amines) is 1. The molecule has 1 atom stereocenters. The van der Waals surface area contributed by atoms with Gasteiger partial charge in [0.05, 0.1) is 13.1 Å². The molecule has 0 bridgehead atoms. The minimum absolute atomic E-state index is 0.363. The van der Waals surface area contributed by atoms with Crippen LogP contribution in [0.4, 0.5) is 0 Å². The van der Waals surface area contributed by atoms with E-state index in [1.165, 1.54) is 42.8 Å². The highest BCUT2D eigenvalue weighted by Crippen LogP contribution is 2.13. The zero-order chi connectivity index (χ0) is 14.2. The molecule has 0 spiro atoms. The molecule has 3 nitrogen and oxygen atoms in total. The third-order valence-corrected chi connectivity index (χ3v) is 3.99. The molecule has 2 rings (SSSR count). The summed E-state index contributed by atoms with van der Waals surface area (Å²) >= 11 is 0. The number of nitrogens with one attached hydrogen (secondary N) is 1. The Kier molecular flexibility index (Phi) is 6.34. The molecule has 112 valence electrons. The largest absolute Gasteiger partial charge is 0.491 e. The lowest BCUT2D eigenvalue weighted by Crippen LogP contribution is -3.14. The Morgan fingerprint density at radius 3 is 2.50 bits per heavy atom. The van der Waals surface area contributed by atoms with Crippen molar-refractivity contribution in [2.24, 2.45) is 0 Å². The molecule has 1 saturated heterocycles. The van der Waals surface area contributed by atoms with E-state index >= 15 is 0 Å². The number of aliphatic hydroxyl groups is 1. The Balaban J connectivity index is 1.70. The highest BCUT2D eigenvalue weighted by Gasteiger charge is 2.18. The van der Waals surface area contributed by atoms with Crippen LogP contribution < -0.4 is 9.64 Å². The van der Waals surface area contributed by atoms with Gasteiger partial charge >= 0.3 is 0 Å². The van der Waals surface area contributed by atoms with Gasteiger partial charge in [-0.25, -0.2) is 0 Å². The van der Waals surface area contributed by atoms with Gasteiger partial charge in [0, 0.05) is 0 Å². The average molecular weight is 278 g/mol. The van der Waals surface area contributed by atoms with E-state index in [0.717, 1.165) is 25.1 Å². The van der Waals surface area contributed by atoms with Gasteiger partial charge < -0.3 is 14.7 Å². The molecule has 1 aromatic carbocycles. The summed E-state index contributed by atoms with van der Waals surface area (Å²) in [5.41, 5.74) is 1.35. The second-order valence-electron chi connectivity index (χ2n) is 5.87. The lowest BCUT2D eigenvalue weighted by atomic mass is 10.1. The third kappa shape index (κ3) is 5.14. The number of benzene rings is 1. The second kappa shape index (κ2) is 8.28. The topological polar surface area (TPSA) is 33.9 Å². The van der Waals surface area contributed by atoms with E-state index in [0.29, 0.717) is 6.61 Å². The first kappa shape index (κ1) is 15.3. The average Bonchev–Trinajstić information content (AvgIpc) is 2.48. The van der Waals surface area contributed by atoms with Gasteiger partial charge in [-0.3, -0.25) is 0 Å². The molecule has 3 heteroatoms. The number of quaternary nitrogens is 1. The number of piperidine rings is 1. The molecular weight excluding hydrogens is 250 g/mol. The molecule has 1 fully saturated rings. The Morgan fingerprint density at radius 2 is 1.85 bits per heavy atom. The first-order chi connectivity index (χ1) is 9.78. The van der Waals surface area contributed by atoms with E-state index in [9.17, 15) is 5.11 Å². The number of aryl methyl sites for hydroxylation is 1. The van der Waals surface area contributed by atoms with Crippen molar-refractivity contribution in [3.63, 3.8) is 0 Å². The lowest BCUT2D eigenvalue weighted by molar-refractivity contribution is -0.908. The Labute approximate surface area is 122 Å². The summed E-state index contributed by atoms with van der Waals surface area (Å²) in [6, 6.07) is 8.24. The van der Waals surface area contributed by atoms with Gasteiger partial charge in [-0.05, 0) is 43.4 Å². The third-order valence-electron chi connectivity index (χ3n) is 3.99. The smallest absolute Gasteiger partial charge is 0.137 e. The van der Waals surface area contributed by atoms with Crippen LogP contribution in [0.5, 0.6) is 5.75 Å². The number of ether oxygens (including phenoxy) is 1. The maximum atomic E-state index is 10.1. The van der Waals surface area contributed by atoms with Gasteiger partial charge in [0.25, 0.3) is 0 Å². The minimum atomic E-state index is -0.363. The summed E-state index contributed by atoms with van der Waals surface area (Å²) < 4.78 is 5.68. The highest BCUT2D eigenvalue weighted by atomic mass is 16.5. The molecule has 0 saturated carbocycles. The molecule has 2 N–H and O–H groups in total. The van der Waals surface area contributed by atoms with E-state index in [-0.39, 0.29) is 6.10 Å². The zero-order valence-electron chi connectivity index (χ0n) is 12.6.